The topological polar surface area (TPSA) is 26.3 Å². The second-order valence-corrected chi connectivity index (χ2v) is 6.42. The molecule has 0 aliphatic rings. The Labute approximate surface area is 166 Å². The molecule has 28 heavy (non-hydrogen) atoms. The van der Waals surface area contributed by atoms with Gasteiger partial charge in [-0.25, -0.2) is 4.79 Å². The number of carbonyl (C=O) groups is 1. The van der Waals surface area contributed by atoms with E-state index >= 15 is 0 Å². The van der Waals surface area contributed by atoms with Crippen LogP contribution in [0.4, 0.5) is 0 Å². The molecule has 0 heterocycles. The van der Waals surface area contributed by atoms with Crippen molar-refractivity contribution < 1.29 is 9.53 Å². The molecule has 140 valence electrons. The van der Waals surface area contributed by atoms with E-state index < -0.39 is 0 Å². The predicted molar refractivity (Wildman–Crippen MR) is 117 cm³/mol. The number of carbonyl (C=O) groups excluding carboxylic acids is 1. The summed E-state index contributed by atoms with van der Waals surface area (Å²) in [6, 6.07) is 29.3. The van der Waals surface area contributed by atoms with Gasteiger partial charge in [0, 0.05) is 6.08 Å². The maximum atomic E-state index is 11.3. The van der Waals surface area contributed by atoms with Gasteiger partial charge in [0.15, 0.2) is 0 Å². The Balaban J connectivity index is 2.09. The van der Waals surface area contributed by atoms with Crippen molar-refractivity contribution in [1.82, 2.24) is 0 Å². The first-order chi connectivity index (χ1) is 13.7. The van der Waals surface area contributed by atoms with Crippen LogP contribution in [0.5, 0.6) is 0 Å². The lowest BCUT2D eigenvalue weighted by Crippen LogP contribution is -1.95. The third-order valence-corrected chi connectivity index (χ3v) is 4.65. The lowest BCUT2D eigenvalue weighted by molar-refractivity contribution is -0.134. The molecule has 0 spiro atoms. The number of ether oxygens (including phenoxy) is 1. The molecule has 0 bridgehead atoms. The van der Waals surface area contributed by atoms with E-state index in [0.717, 1.165) is 17.5 Å². The molecule has 0 atom stereocenters. The Morgan fingerprint density at radius 3 is 1.86 bits per heavy atom. The van der Waals surface area contributed by atoms with E-state index in [2.05, 4.69) is 72.3 Å². The number of benzene rings is 3. The fourth-order valence-corrected chi connectivity index (χ4v) is 3.28. The Morgan fingerprint density at radius 1 is 0.786 bits per heavy atom. The molecule has 2 heteroatoms. The summed E-state index contributed by atoms with van der Waals surface area (Å²) < 4.78 is 4.65. The zero-order valence-corrected chi connectivity index (χ0v) is 16.3. The number of methoxy groups -OCH3 is 1. The van der Waals surface area contributed by atoms with Crippen molar-refractivity contribution in [1.29, 1.82) is 0 Å². The zero-order chi connectivity index (χ0) is 19.8. The lowest BCUT2D eigenvalue weighted by atomic mass is 9.88. The molecule has 0 fully saturated rings. The van der Waals surface area contributed by atoms with Crippen molar-refractivity contribution >= 4 is 23.2 Å². The molecule has 0 aliphatic carbocycles. The standard InChI is InChI=1S/C26H24O2/c1-3-24(21-10-6-4-7-11-21)26(22-12-8-5-9-13-22)23-17-14-20(15-18-23)16-19-25(27)28-2/h4-19H,3H2,1-2H3. The first kappa shape index (κ1) is 19.4. The van der Waals surface area contributed by atoms with Crippen LogP contribution in [-0.4, -0.2) is 13.1 Å². The first-order valence-electron chi connectivity index (χ1n) is 9.43. The van der Waals surface area contributed by atoms with E-state index in [1.807, 2.05) is 24.3 Å². The monoisotopic (exact) mass is 368 g/mol. The molecule has 0 unspecified atom stereocenters. The summed E-state index contributed by atoms with van der Waals surface area (Å²) in [6.07, 6.45) is 4.13. The van der Waals surface area contributed by atoms with Gasteiger partial charge in [0.1, 0.15) is 0 Å². The summed E-state index contributed by atoms with van der Waals surface area (Å²) in [4.78, 5) is 11.3. The first-order valence-corrected chi connectivity index (χ1v) is 9.43. The zero-order valence-electron chi connectivity index (χ0n) is 16.3. The van der Waals surface area contributed by atoms with Gasteiger partial charge < -0.3 is 4.74 Å². The van der Waals surface area contributed by atoms with E-state index in [9.17, 15) is 4.79 Å². The predicted octanol–water partition coefficient (Wildman–Crippen LogP) is 6.24. The number of rotatable bonds is 6. The summed E-state index contributed by atoms with van der Waals surface area (Å²) in [5.74, 6) is -0.355. The number of hydrogen-bond acceptors (Lipinski definition) is 2. The average Bonchev–Trinajstić information content (AvgIpc) is 2.77. The smallest absolute Gasteiger partial charge is 0.330 e. The van der Waals surface area contributed by atoms with Gasteiger partial charge >= 0.3 is 5.97 Å². The highest BCUT2D eigenvalue weighted by molar-refractivity contribution is 5.98. The Morgan fingerprint density at radius 2 is 1.32 bits per heavy atom. The molecule has 0 aliphatic heterocycles. The van der Waals surface area contributed by atoms with Gasteiger partial charge in [-0.1, -0.05) is 91.9 Å². The van der Waals surface area contributed by atoms with E-state index in [1.165, 1.54) is 35.5 Å². The molecule has 3 rings (SSSR count). The fraction of sp³-hybridized carbons (Fsp3) is 0.115. The largest absolute Gasteiger partial charge is 0.466 e. The quantitative estimate of drug-likeness (QED) is 0.292. The van der Waals surface area contributed by atoms with Crippen LogP contribution >= 0.6 is 0 Å². The van der Waals surface area contributed by atoms with Crippen LogP contribution in [-0.2, 0) is 9.53 Å². The van der Waals surface area contributed by atoms with Crippen LogP contribution in [0.25, 0.3) is 17.2 Å². The third kappa shape index (κ3) is 4.66. The highest BCUT2D eigenvalue weighted by Gasteiger charge is 2.12. The van der Waals surface area contributed by atoms with Crippen molar-refractivity contribution in [2.24, 2.45) is 0 Å². The Bertz CT molecular complexity index is 966. The Hall–Kier alpha value is -3.39. The minimum absolute atomic E-state index is 0.355. The van der Waals surface area contributed by atoms with Crippen LogP contribution < -0.4 is 0 Å². The SMILES string of the molecule is CCC(=C(c1ccccc1)c1ccc(C=CC(=O)OC)cc1)c1ccccc1. The van der Waals surface area contributed by atoms with Crippen LogP contribution in [0.3, 0.4) is 0 Å². The van der Waals surface area contributed by atoms with E-state index in [1.54, 1.807) is 6.08 Å². The van der Waals surface area contributed by atoms with Gasteiger partial charge in [0.25, 0.3) is 0 Å². The highest BCUT2D eigenvalue weighted by atomic mass is 16.5. The van der Waals surface area contributed by atoms with Crippen LogP contribution in [0.1, 0.15) is 35.6 Å². The van der Waals surface area contributed by atoms with E-state index in [4.69, 9.17) is 0 Å². The van der Waals surface area contributed by atoms with Crippen molar-refractivity contribution in [3.05, 3.63) is 113 Å². The van der Waals surface area contributed by atoms with Crippen molar-refractivity contribution in [3.63, 3.8) is 0 Å². The van der Waals surface area contributed by atoms with Gasteiger partial charge in [0.05, 0.1) is 7.11 Å². The molecule has 2 nitrogen and oxygen atoms in total. The van der Waals surface area contributed by atoms with Crippen molar-refractivity contribution in [2.75, 3.05) is 7.11 Å². The van der Waals surface area contributed by atoms with E-state index in [0.29, 0.717) is 0 Å². The molecule has 3 aromatic rings. The summed E-state index contributed by atoms with van der Waals surface area (Å²) in [7, 11) is 1.38. The van der Waals surface area contributed by atoms with Crippen LogP contribution in [0.15, 0.2) is 91.0 Å². The maximum Gasteiger partial charge on any atom is 0.330 e. The summed E-state index contributed by atoms with van der Waals surface area (Å²) in [6.45, 7) is 2.19. The summed E-state index contributed by atoms with van der Waals surface area (Å²) in [5.41, 5.74) is 7.09. The maximum absolute atomic E-state index is 11.3. The fourth-order valence-electron chi connectivity index (χ4n) is 3.28. The van der Waals surface area contributed by atoms with Crippen molar-refractivity contribution in [3.8, 4) is 0 Å². The molecule has 0 N–H and O–H groups in total. The van der Waals surface area contributed by atoms with Crippen LogP contribution in [0.2, 0.25) is 0 Å². The molecule has 0 radical (unpaired) electrons. The molecule has 3 aromatic carbocycles. The molecular weight excluding hydrogens is 344 g/mol. The molecule has 0 saturated carbocycles. The van der Waals surface area contributed by atoms with E-state index in [-0.39, 0.29) is 5.97 Å². The third-order valence-electron chi connectivity index (χ3n) is 4.65. The van der Waals surface area contributed by atoms with Gasteiger partial charge in [-0.05, 0) is 45.9 Å². The number of hydrogen-bond donors (Lipinski definition) is 0. The molecule has 0 aromatic heterocycles. The number of allylic oxidation sites excluding steroid dienone is 1. The van der Waals surface area contributed by atoms with Gasteiger partial charge in [0.2, 0.25) is 0 Å². The normalized spacial score (nSPS) is 11.9. The molecule has 0 saturated heterocycles. The minimum Gasteiger partial charge on any atom is -0.466 e. The minimum atomic E-state index is -0.355. The lowest BCUT2D eigenvalue weighted by Gasteiger charge is -2.16. The second kappa shape index (κ2) is 9.52. The molecule has 0 amide bonds. The summed E-state index contributed by atoms with van der Waals surface area (Å²) in [5, 5.41) is 0. The highest BCUT2D eigenvalue weighted by Crippen LogP contribution is 2.34. The van der Waals surface area contributed by atoms with Gasteiger partial charge in [-0.15, -0.1) is 0 Å². The molecular formula is C26H24O2. The second-order valence-electron chi connectivity index (χ2n) is 6.42. The Kier molecular flexibility index (Phi) is 6.59. The van der Waals surface area contributed by atoms with Gasteiger partial charge in [-0.3, -0.25) is 0 Å². The number of esters is 1. The van der Waals surface area contributed by atoms with Gasteiger partial charge in [-0.2, -0.15) is 0 Å². The summed E-state index contributed by atoms with van der Waals surface area (Å²) >= 11 is 0. The van der Waals surface area contributed by atoms with Crippen LogP contribution in [0, 0.1) is 0 Å². The average molecular weight is 368 g/mol. The van der Waals surface area contributed by atoms with Crippen molar-refractivity contribution in [2.45, 2.75) is 13.3 Å².